The van der Waals surface area contributed by atoms with Gasteiger partial charge in [-0.05, 0) is 38.7 Å². The third-order valence-electron chi connectivity index (χ3n) is 2.93. The fourth-order valence-electron chi connectivity index (χ4n) is 1.81. The molecule has 0 aliphatic heterocycles. The Morgan fingerprint density at radius 2 is 1.85 bits per heavy atom. The Hall–Kier alpha value is -1.15. The Morgan fingerprint density at radius 3 is 2.30 bits per heavy atom. The molecule has 0 amide bonds. The molecule has 0 fully saturated rings. The first-order valence-electron chi connectivity index (χ1n) is 6.47. The van der Waals surface area contributed by atoms with Crippen LogP contribution in [0.3, 0.4) is 0 Å². The quantitative estimate of drug-likeness (QED) is 0.743. The van der Waals surface area contributed by atoms with Gasteiger partial charge < -0.3 is 9.64 Å². The normalized spacial score (nSPS) is 13.4. The van der Waals surface area contributed by atoms with Gasteiger partial charge >= 0.3 is 0 Å². The first kappa shape index (κ1) is 16.9. The standard InChI is InChI=1S/C13H23N3O3S/c1-5-19-12-8-6-11(7-9-12)13(16(3)4)10-15-20(17,18)14-2/h6-9,13-15H,5,10H2,1-4H3. The van der Waals surface area contributed by atoms with Crippen molar-refractivity contribution in [3.05, 3.63) is 29.8 Å². The van der Waals surface area contributed by atoms with Crippen LogP contribution in [-0.2, 0) is 10.2 Å². The van der Waals surface area contributed by atoms with Crippen LogP contribution < -0.4 is 14.2 Å². The molecule has 2 N–H and O–H groups in total. The molecule has 1 rings (SSSR count). The highest BCUT2D eigenvalue weighted by Gasteiger charge is 2.17. The van der Waals surface area contributed by atoms with E-state index in [1.54, 1.807) is 0 Å². The van der Waals surface area contributed by atoms with E-state index < -0.39 is 10.2 Å². The zero-order chi connectivity index (χ0) is 15.2. The molecule has 1 unspecified atom stereocenters. The van der Waals surface area contributed by atoms with Gasteiger partial charge in [0.25, 0.3) is 10.2 Å². The Kier molecular flexibility index (Phi) is 6.41. The van der Waals surface area contributed by atoms with Gasteiger partial charge in [0.2, 0.25) is 0 Å². The van der Waals surface area contributed by atoms with Crippen molar-refractivity contribution in [2.45, 2.75) is 13.0 Å². The molecule has 0 aromatic heterocycles. The lowest BCUT2D eigenvalue weighted by Gasteiger charge is -2.25. The van der Waals surface area contributed by atoms with E-state index in [1.807, 2.05) is 50.2 Å². The van der Waals surface area contributed by atoms with Crippen molar-refractivity contribution in [2.24, 2.45) is 0 Å². The first-order chi connectivity index (χ1) is 9.39. The number of hydrogen-bond acceptors (Lipinski definition) is 4. The summed E-state index contributed by atoms with van der Waals surface area (Å²) in [5.74, 6) is 0.810. The second kappa shape index (κ2) is 7.58. The van der Waals surface area contributed by atoms with Crippen molar-refractivity contribution < 1.29 is 13.2 Å². The van der Waals surface area contributed by atoms with Crippen LogP contribution in [0, 0.1) is 0 Å². The molecule has 0 aliphatic rings. The third kappa shape index (κ3) is 5.09. The molecule has 0 bridgehead atoms. The lowest BCUT2D eigenvalue weighted by molar-refractivity contribution is 0.298. The zero-order valence-electron chi connectivity index (χ0n) is 12.4. The zero-order valence-corrected chi connectivity index (χ0v) is 13.2. The van der Waals surface area contributed by atoms with Crippen LogP contribution >= 0.6 is 0 Å². The minimum Gasteiger partial charge on any atom is -0.494 e. The summed E-state index contributed by atoms with van der Waals surface area (Å²) in [4.78, 5) is 1.97. The van der Waals surface area contributed by atoms with Gasteiger partial charge in [0.1, 0.15) is 5.75 Å². The number of benzene rings is 1. The van der Waals surface area contributed by atoms with E-state index in [2.05, 4.69) is 9.44 Å². The number of likely N-dealkylation sites (N-methyl/N-ethyl adjacent to an activating group) is 1. The molecule has 1 atom stereocenters. The number of ether oxygens (including phenoxy) is 1. The minimum absolute atomic E-state index is 0.0474. The molecular weight excluding hydrogens is 278 g/mol. The number of nitrogens with zero attached hydrogens (tertiary/aromatic N) is 1. The second-order valence-electron chi connectivity index (χ2n) is 4.54. The average Bonchev–Trinajstić information content (AvgIpc) is 2.40. The maximum Gasteiger partial charge on any atom is 0.276 e. The second-order valence-corrected chi connectivity index (χ2v) is 6.24. The summed E-state index contributed by atoms with van der Waals surface area (Å²) in [6.45, 7) is 2.85. The van der Waals surface area contributed by atoms with Crippen LogP contribution in [0.4, 0.5) is 0 Å². The minimum atomic E-state index is -3.42. The Labute approximate surface area is 121 Å². The van der Waals surface area contributed by atoms with Crippen molar-refractivity contribution in [1.29, 1.82) is 0 Å². The Morgan fingerprint density at radius 1 is 1.25 bits per heavy atom. The predicted molar refractivity (Wildman–Crippen MR) is 80.0 cm³/mol. The molecule has 7 heteroatoms. The highest BCUT2D eigenvalue weighted by atomic mass is 32.2. The number of hydrogen-bond donors (Lipinski definition) is 2. The molecule has 0 aliphatic carbocycles. The number of nitrogens with one attached hydrogen (secondary N) is 2. The van der Waals surface area contributed by atoms with E-state index in [0.717, 1.165) is 11.3 Å². The summed E-state index contributed by atoms with van der Waals surface area (Å²) in [7, 11) is 1.78. The van der Waals surface area contributed by atoms with Gasteiger partial charge in [-0.25, -0.2) is 9.44 Å². The largest absolute Gasteiger partial charge is 0.494 e. The lowest BCUT2D eigenvalue weighted by atomic mass is 10.1. The molecule has 114 valence electrons. The van der Waals surface area contributed by atoms with Gasteiger partial charge in [0.05, 0.1) is 6.61 Å². The van der Waals surface area contributed by atoms with E-state index in [9.17, 15) is 8.42 Å². The summed E-state index contributed by atoms with van der Waals surface area (Å²) in [6.07, 6.45) is 0. The van der Waals surface area contributed by atoms with Gasteiger partial charge in [-0.3, -0.25) is 0 Å². The summed E-state index contributed by atoms with van der Waals surface area (Å²) in [5, 5.41) is 0. The monoisotopic (exact) mass is 301 g/mol. The first-order valence-corrected chi connectivity index (χ1v) is 7.95. The molecule has 0 radical (unpaired) electrons. The van der Waals surface area contributed by atoms with Crippen molar-refractivity contribution >= 4 is 10.2 Å². The average molecular weight is 301 g/mol. The molecule has 0 saturated heterocycles. The molecule has 1 aromatic rings. The highest BCUT2D eigenvalue weighted by Crippen LogP contribution is 2.21. The maximum atomic E-state index is 11.4. The predicted octanol–water partition coefficient (Wildman–Crippen LogP) is 0.742. The Balaban J connectivity index is 2.80. The van der Waals surface area contributed by atoms with Crippen molar-refractivity contribution in [1.82, 2.24) is 14.3 Å². The molecule has 0 heterocycles. The topological polar surface area (TPSA) is 70.7 Å². The van der Waals surface area contributed by atoms with Gasteiger partial charge in [0, 0.05) is 19.6 Å². The molecule has 1 aromatic carbocycles. The van der Waals surface area contributed by atoms with Crippen LogP contribution in [0.5, 0.6) is 5.75 Å². The van der Waals surface area contributed by atoms with Crippen LogP contribution in [0.15, 0.2) is 24.3 Å². The lowest BCUT2D eigenvalue weighted by Crippen LogP contribution is -2.39. The van der Waals surface area contributed by atoms with Gasteiger partial charge in [-0.15, -0.1) is 0 Å². The van der Waals surface area contributed by atoms with Crippen molar-refractivity contribution in [3.8, 4) is 5.75 Å². The molecule has 20 heavy (non-hydrogen) atoms. The SMILES string of the molecule is CCOc1ccc(C(CNS(=O)(=O)NC)N(C)C)cc1. The van der Waals surface area contributed by atoms with Crippen molar-refractivity contribution in [2.75, 3.05) is 34.3 Å². The molecular formula is C13H23N3O3S. The third-order valence-corrected chi connectivity index (χ3v) is 4.02. The highest BCUT2D eigenvalue weighted by molar-refractivity contribution is 7.87. The van der Waals surface area contributed by atoms with E-state index in [1.165, 1.54) is 7.05 Å². The summed E-state index contributed by atoms with van der Waals surface area (Å²) in [5.41, 5.74) is 1.03. The van der Waals surface area contributed by atoms with Gasteiger partial charge in [0.15, 0.2) is 0 Å². The summed E-state index contributed by atoms with van der Waals surface area (Å²) < 4.78 is 33.0. The molecule has 0 saturated carbocycles. The maximum absolute atomic E-state index is 11.4. The van der Waals surface area contributed by atoms with E-state index in [4.69, 9.17) is 4.74 Å². The van der Waals surface area contributed by atoms with Crippen LogP contribution in [0.1, 0.15) is 18.5 Å². The van der Waals surface area contributed by atoms with Crippen LogP contribution in [0.25, 0.3) is 0 Å². The summed E-state index contributed by atoms with van der Waals surface area (Å²) >= 11 is 0. The number of rotatable bonds is 8. The van der Waals surface area contributed by atoms with E-state index >= 15 is 0 Å². The van der Waals surface area contributed by atoms with Crippen LogP contribution in [-0.4, -0.2) is 47.6 Å². The fourth-order valence-corrected chi connectivity index (χ4v) is 2.33. The van der Waals surface area contributed by atoms with E-state index in [-0.39, 0.29) is 6.04 Å². The van der Waals surface area contributed by atoms with Gasteiger partial charge in [-0.2, -0.15) is 8.42 Å². The van der Waals surface area contributed by atoms with Gasteiger partial charge in [-0.1, -0.05) is 12.1 Å². The Bertz CT molecular complexity index is 500. The molecule has 6 nitrogen and oxygen atoms in total. The van der Waals surface area contributed by atoms with Crippen LogP contribution in [0.2, 0.25) is 0 Å². The summed E-state index contributed by atoms with van der Waals surface area (Å²) in [6, 6.07) is 7.63. The van der Waals surface area contributed by atoms with E-state index in [0.29, 0.717) is 13.2 Å². The fraction of sp³-hybridized carbons (Fsp3) is 0.538. The molecule has 0 spiro atoms. The smallest absolute Gasteiger partial charge is 0.276 e. The van der Waals surface area contributed by atoms with Crippen molar-refractivity contribution in [3.63, 3.8) is 0 Å².